The van der Waals surface area contributed by atoms with Gasteiger partial charge in [-0.25, -0.2) is 0 Å². The average Bonchev–Trinajstić information content (AvgIpc) is 3.35. The van der Waals surface area contributed by atoms with Gasteiger partial charge in [0.25, 0.3) is 5.91 Å². The van der Waals surface area contributed by atoms with E-state index in [1.54, 1.807) is 52.6 Å². The second-order valence-electron chi connectivity index (χ2n) is 6.32. The first-order valence-electron chi connectivity index (χ1n) is 8.42. The van der Waals surface area contributed by atoms with Gasteiger partial charge in [-0.1, -0.05) is 6.07 Å². The minimum atomic E-state index is -0.358. The Labute approximate surface area is 159 Å². The first-order chi connectivity index (χ1) is 12.6. The Morgan fingerprint density at radius 1 is 1.19 bits per heavy atom. The highest BCUT2D eigenvalue weighted by Gasteiger charge is 2.31. The molecule has 1 unspecified atom stereocenters. The summed E-state index contributed by atoms with van der Waals surface area (Å²) in [5.41, 5.74) is 1.76. The third-order valence-corrected chi connectivity index (χ3v) is 6.58. The fourth-order valence-corrected chi connectivity index (χ4v) is 5.21. The maximum Gasteiger partial charge on any atom is 0.274 e. The molecule has 26 heavy (non-hydrogen) atoms. The maximum atomic E-state index is 12.5. The number of nitrogens with zero attached hydrogens (tertiary/aromatic N) is 2. The number of aryl methyl sites for hydroxylation is 1. The molecular formula is C19H19N3O2S2. The van der Waals surface area contributed by atoms with Crippen LogP contribution in [0.25, 0.3) is 0 Å². The molecule has 0 saturated carbocycles. The van der Waals surface area contributed by atoms with Gasteiger partial charge >= 0.3 is 0 Å². The van der Waals surface area contributed by atoms with Crippen LogP contribution in [-0.4, -0.2) is 34.4 Å². The molecule has 0 aliphatic carbocycles. The lowest BCUT2D eigenvalue weighted by Gasteiger charge is -2.34. The topological polar surface area (TPSA) is 54.3 Å². The largest absolute Gasteiger partial charge is 0.347 e. The van der Waals surface area contributed by atoms with Crippen molar-refractivity contribution >= 4 is 34.5 Å². The molecule has 4 rings (SSSR count). The fourth-order valence-electron chi connectivity index (χ4n) is 3.43. The van der Waals surface area contributed by atoms with Gasteiger partial charge in [-0.2, -0.15) is 0 Å². The molecule has 1 atom stereocenters. The first-order valence-corrected chi connectivity index (χ1v) is 10.2. The van der Waals surface area contributed by atoms with Crippen LogP contribution in [0.3, 0.4) is 0 Å². The molecule has 4 heterocycles. The number of aromatic nitrogens is 1. The van der Waals surface area contributed by atoms with E-state index in [4.69, 9.17) is 0 Å². The van der Waals surface area contributed by atoms with E-state index in [9.17, 15) is 9.59 Å². The number of rotatable bonds is 4. The summed E-state index contributed by atoms with van der Waals surface area (Å²) in [7, 11) is 1.79. The van der Waals surface area contributed by atoms with Crippen molar-refractivity contribution in [2.45, 2.75) is 12.5 Å². The second-order valence-corrected chi connectivity index (χ2v) is 8.30. The Morgan fingerprint density at radius 3 is 2.81 bits per heavy atom. The third-order valence-electron chi connectivity index (χ3n) is 4.65. The summed E-state index contributed by atoms with van der Waals surface area (Å²) in [6.07, 6.45) is 2.73. The van der Waals surface area contributed by atoms with Gasteiger partial charge in [-0.3, -0.25) is 19.8 Å². The lowest BCUT2D eigenvalue weighted by molar-refractivity contribution is -0.121. The van der Waals surface area contributed by atoms with Crippen molar-refractivity contribution < 1.29 is 9.59 Å². The van der Waals surface area contributed by atoms with Crippen molar-refractivity contribution in [2.75, 3.05) is 13.1 Å². The van der Waals surface area contributed by atoms with Crippen molar-refractivity contribution in [2.24, 2.45) is 7.05 Å². The predicted molar refractivity (Wildman–Crippen MR) is 104 cm³/mol. The quantitative estimate of drug-likeness (QED) is 0.751. The van der Waals surface area contributed by atoms with E-state index in [1.165, 1.54) is 15.3 Å². The molecule has 3 aromatic heterocycles. The highest BCUT2D eigenvalue weighted by molar-refractivity contribution is 7.10. The number of hydrogen-bond donors (Lipinski definition) is 1. The molecule has 1 N–H and O–H groups in total. The number of fused-ring (bicyclic) bond motifs is 1. The molecule has 0 bridgehead atoms. The van der Waals surface area contributed by atoms with Gasteiger partial charge in [0, 0.05) is 29.5 Å². The zero-order chi connectivity index (χ0) is 18.1. The summed E-state index contributed by atoms with van der Waals surface area (Å²) in [5.74, 6) is -0.625. The average molecular weight is 386 g/mol. The molecule has 134 valence electrons. The highest BCUT2D eigenvalue weighted by Crippen LogP contribution is 2.39. The van der Waals surface area contributed by atoms with Crippen molar-refractivity contribution in [1.29, 1.82) is 0 Å². The monoisotopic (exact) mass is 385 g/mol. The minimum absolute atomic E-state index is 0.0842. The van der Waals surface area contributed by atoms with Crippen LogP contribution in [0, 0.1) is 0 Å². The normalized spacial score (nSPS) is 17.0. The Hall–Kier alpha value is -2.22. The van der Waals surface area contributed by atoms with E-state index in [1.807, 2.05) is 6.07 Å². The molecule has 0 fully saturated rings. The molecule has 0 spiro atoms. The standard InChI is InChI=1S/C19H19N3O2S2/c1-21-8-2-4-14(21)19(24)20-17(23)12-22-9-6-15-13(7-11-26-15)18(22)16-5-3-10-25-16/h2-5,7-8,10-11,18H,6,9,12H2,1H3,(H,20,23,24). The van der Waals surface area contributed by atoms with Crippen LogP contribution in [0.1, 0.15) is 31.8 Å². The van der Waals surface area contributed by atoms with Crippen LogP contribution < -0.4 is 5.32 Å². The molecule has 0 radical (unpaired) electrons. The van der Waals surface area contributed by atoms with Gasteiger partial charge in [0.1, 0.15) is 5.69 Å². The summed E-state index contributed by atoms with van der Waals surface area (Å²) in [4.78, 5) is 29.6. The Kier molecular flexibility index (Phi) is 4.76. The van der Waals surface area contributed by atoms with Gasteiger partial charge in [0.15, 0.2) is 0 Å². The first kappa shape index (κ1) is 17.2. The maximum absolute atomic E-state index is 12.5. The smallest absolute Gasteiger partial charge is 0.274 e. The van der Waals surface area contributed by atoms with Gasteiger partial charge in [-0.15, -0.1) is 22.7 Å². The number of carbonyl (C=O) groups excluding carboxylic acids is 2. The Balaban J connectivity index is 1.51. The SMILES string of the molecule is Cn1cccc1C(=O)NC(=O)CN1CCc2sccc2C1c1cccs1. The summed E-state index contributed by atoms with van der Waals surface area (Å²) in [5, 5.41) is 6.70. The predicted octanol–water partition coefficient (Wildman–Crippen LogP) is 3.05. The number of amides is 2. The van der Waals surface area contributed by atoms with Gasteiger partial charge in [0.2, 0.25) is 5.91 Å². The second kappa shape index (κ2) is 7.19. The number of nitrogens with one attached hydrogen (secondary N) is 1. The fraction of sp³-hybridized carbons (Fsp3) is 0.263. The van der Waals surface area contributed by atoms with Crippen LogP contribution >= 0.6 is 22.7 Å². The van der Waals surface area contributed by atoms with E-state index in [2.05, 4.69) is 33.1 Å². The van der Waals surface area contributed by atoms with E-state index < -0.39 is 0 Å². The third kappa shape index (κ3) is 3.25. The van der Waals surface area contributed by atoms with Crippen molar-refractivity contribution in [3.8, 4) is 0 Å². The van der Waals surface area contributed by atoms with Gasteiger partial charge in [0.05, 0.1) is 12.6 Å². The summed E-state index contributed by atoms with van der Waals surface area (Å²) in [6, 6.07) is 9.88. The summed E-state index contributed by atoms with van der Waals surface area (Å²) in [6.45, 7) is 1.01. The van der Waals surface area contributed by atoms with Gasteiger partial charge in [-0.05, 0) is 47.0 Å². The molecule has 1 aliphatic rings. The van der Waals surface area contributed by atoms with E-state index in [0.717, 1.165) is 13.0 Å². The van der Waals surface area contributed by atoms with Crippen LogP contribution in [0.5, 0.6) is 0 Å². The molecule has 3 aromatic rings. The summed E-state index contributed by atoms with van der Waals surface area (Å²) >= 11 is 3.48. The lowest BCUT2D eigenvalue weighted by atomic mass is 9.98. The molecule has 1 aliphatic heterocycles. The zero-order valence-corrected chi connectivity index (χ0v) is 16.0. The van der Waals surface area contributed by atoms with E-state index in [-0.39, 0.29) is 24.4 Å². The lowest BCUT2D eigenvalue weighted by Crippen LogP contribution is -2.44. The molecule has 7 heteroatoms. The van der Waals surface area contributed by atoms with Crippen LogP contribution in [-0.2, 0) is 18.3 Å². The van der Waals surface area contributed by atoms with Crippen LogP contribution in [0.2, 0.25) is 0 Å². The minimum Gasteiger partial charge on any atom is -0.347 e. The summed E-state index contributed by atoms with van der Waals surface area (Å²) < 4.78 is 1.70. The molecule has 0 saturated heterocycles. The van der Waals surface area contributed by atoms with Crippen LogP contribution in [0.15, 0.2) is 47.3 Å². The molecule has 2 amide bonds. The van der Waals surface area contributed by atoms with Crippen molar-refractivity contribution in [1.82, 2.24) is 14.8 Å². The number of imide groups is 1. The number of hydrogen-bond acceptors (Lipinski definition) is 5. The number of carbonyl (C=O) groups is 2. The molecule has 5 nitrogen and oxygen atoms in total. The molecule has 0 aromatic carbocycles. The van der Waals surface area contributed by atoms with E-state index >= 15 is 0 Å². The van der Waals surface area contributed by atoms with Crippen molar-refractivity contribution in [3.63, 3.8) is 0 Å². The van der Waals surface area contributed by atoms with Gasteiger partial charge < -0.3 is 4.57 Å². The number of thiophene rings is 2. The highest BCUT2D eigenvalue weighted by atomic mass is 32.1. The van der Waals surface area contributed by atoms with Crippen LogP contribution in [0.4, 0.5) is 0 Å². The van der Waals surface area contributed by atoms with E-state index in [0.29, 0.717) is 5.69 Å². The Bertz CT molecular complexity index is 926. The Morgan fingerprint density at radius 2 is 2.08 bits per heavy atom. The zero-order valence-electron chi connectivity index (χ0n) is 14.3. The molecular weight excluding hydrogens is 366 g/mol. The van der Waals surface area contributed by atoms with Crippen molar-refractivity contribution in [3.05, 3.63) is 68.3 Å².